The Morgan fingerprint density at radius 2 is 1.91 bits per heavy atom. The summed E-state index contributed by atoms with van der Waals surface area (Å²) in [5.41, 5.74) is 3.61. The lowest BCUT2D eigenvalue weighted by Crippen LogP contribution is -2.29. The Labute approximate surface area is 187 Å². The number of H-pyrrole nitrogens is 1. The van der Waals surface area contributed by atoms with Crippen LogP contribution in [0, 0.1) is 5.82 Å². The minimum absolute atomic E-state index is 0.266. The van der Waals surface area contributed by atoms with Gasteiger partial charge in [0.05, 0.1) is 28.8 Å². The molecular formula is C24H18FN3O3S. The van der Waals surface area contributed by atoms with E-state index in [1.165, 1.54) is 12.1 Å². The second-order valence-corrected chi connectivity index (χ2v) is 8.18. The van der Waals surface area contributed by atoms with E-state index in [9.17, 15) is 14.0 Å². The van der Waals surface area contributed by atoms with Crippen molar-refractivity contribution in [1.29, 1.82) is 0 Å². The summed E-state index contributed by atoms with van der Waals surface area (Å²) in [6.07, 6.45) is 0. The van der Waals surface area contributed by atoms with Crippen LogP contribution in [-0.2, 0) is 4.74 Å². The highest BCUT2D eigenvalue weighted by Gasteiger charge is 2.43. The predicted octanol–water partition coefficient (Wildman–Crippen LogP) is 5.20. The predicted molar refractivity (Wildman–Crippen MR) is 119 cm³/mol. The van der Waals surface area contributed by atoms with Crippen molar-refractivity contribution < 1.29 is 18.7 Å². The smallest absolute Gasteiger partial charge is 0.338 e. The molecule has 4 aromatic rings. The number of anilines is 1. The van der Waals surface area contributed by atoms with E-state index in [1.54, 1.807) is 59.6 Å². The van der Waals surface area contributed by atoms with Crippen LogP contribution in [-0.4, -0.2) is 28.7 Å². The minimum Gasteiger partial charge on any atom is -0.462 e. The van der Waals surface area contributed by atoms with Crippen LogP contribution in [0.2, 0.25) is 0 Å². The zero-order valence-electron chi connectivity index (χ0n) is 17.0. The van der Waals surface area contributed by atoms with Crippen molar-refractivity contribution in [1.82, 2.24) is 10.2 Å². The van der Waals surface area contributed by atoms with Gasteiger partial charge in [0.25, 0.3) is 5.91 Å². The molecule has 8 heteroatoms. The lowest BCUT2D eigenvalue weighted by molar-refractivity contribution is 0.0526. The number of hydrogen-bond acceptors (Lipinski definition) is 5. The number of ether oxygens (including phenoxy) is 1. The lowest BCUT2D eigenvalue weighted by atomic mass is 9.98. The molecule has 160 valence electrons. The Morgan fingerprint density at radius 1 is 1.16 bits per heavy atom. The number of benzene rings is 2. The number of aromatic nitrogens is 2. The quantitative estimate of drug-likeness (QED) is 0.427. The number of esters is 1. The van der Waals surface area contributed by atoms with Crippen LogP contribution in [0.3, 0.4) is 0 Å². The van der Waals surface area contributed by atoms with Gasteiger partial charge in [0.2, 0.25) is 0 Å². The zero-order valence-corrected chi connectivity index (χ0v) is 17.9. The van der Waals surface area contributed by atoms with Crippen LogP contribution < -0.4 is 4.90 Å². The number of thiophene rings is 1. The zero-order chi connectivity index (χ0) is 22.2. The van der Waals surface area contributed by atoms with E-state index in [0.717, 1.165) is 21.7 Å². The topological polar surface area (TPSA) is 75.3 Å². The molecule has 5 rings (SSSR count). The van der Waals surface area contributed by atoms with E-state index in [4.69, 9.17) is 4.74 Å². The number of nitrogens with zero attached hydrogens (tertiary/aromatic N) is 2. The Hall–Kier alpha value is -3.78. The monoisotopic (exact) mass is 447 g/mol. The van der Waals surface area contributed by atoms with E-state index in [0.29, 0.717) is 16.9 Å². The van der Waals surface area contributed by atoms with Crippen molar-refractivity contribution in [2.75, 3.05) is 11.5 Å². The highest BCUT2D eigenvalue weighted by molar-refractivity contribution is 7.13. The first-order valence-corrected chi connectivity index (χ1v) is 10.9. The number of aromatic amines is 1. The average Bonchev–Trinajstić information content (AvgIpc) is 3.53. The molecule has 1 N–H and O–H groups in total. The third kappa shape index (κ3) is 3.29. The summed E-state index contributed by atoms with van der Waals surface area (Å²) < 4.78 is 18.7. The lowest BCUT2D eigenvalue weighted by Gasteiger charge is -2.26. The van der Waals surface area contributed by atoms with Gasteiger partial charge >= 0.3 is 5.97 Å². The Bertz CT molecular complexity index is 1280. The molecule has 0 spiro atoms. The molecule has 0 unspecified atom stereocenters. The third-order valence-electron chi connectivity index (χ3n) is 5.37. The van der Waals surface area contributed by atoms with Crippen molar-refractivity contribution in [3.05, 3.63) is 94.2 Å². The molecule has 0 saturated carbocycles. The molecule has 1 aliphatic rings. The van der Waals surface area contributed by atoms with Gasteiger partial charge in [-0.1, -0.05) is 18.2 Å². The first kappa shape index (κ1) is 20.1. The fourth-order valence-electron chi connectivity index (χ4n) is 3.95. The Balaban J connectivity index is 1.62. The summed E-state index contributed by atoms with van der Waals surface area (Å²) in [5.74, 6) is -1.04. The molecule has 1 amide bonds. The standard InChI is InChI=1S/C24H18FN3O3S/c1-2-31-24(30)15-7-11-17(12-8-15)28-22(14-5-9-16(25)10-6-14)19-20(18-4-3-13-32-18)26-27-21(19)23(28)29/h3-13,22H,2H2,1H3,(H,26,27)/t22-/m1/s1. The van der Waals surface area contributed by atoms with Crippen LogP contribution in [0.25, 0.3) is 10.6 Å². The van der Waals surface area contributed by atoms with Gasteiger partial charge in [0.15, 0.2) is 5.69 Å². The van der Waals surface area contributed by atoms with Gasteiger partial charge in [-0.3, -0.25) is 14.8 Å². The SMILES string of the molecule is CCOC(=O)c1ccc(N2C(=O)c3n[nH]c(-c4cccs4)c3[C@H]2c2ccc(F)cc2)cc1. The first-order valence-electron chi connectivity index (χ1n) is 10.1. The van der Waals surface area contributed by atoms with Crippen LogP contribution >= 0.6 is 11.3 Å². The summed E-state index contributed by atoms with van der Waals surface area (Å²) in [7, 11) is 0. The second kappa shape index (κ2) is 8.05. The van der Waals surface area contributed by atoms with Crippen molar-refractivity contribution in [2.45, 2.75) is 13.0 Å². The van der Waals surface area contributed by atoms with Gasteiger partial charge in [-0.2, -0.15) is 5.10 Å². The van der Waals surface area contributed by atoms with Gasteiger partial charge in [-0.15, -0.1) is 11.3 Å². The molecule has 0 fully saturated rings. The molecule has 32 heavy (non-hydrogen) atoms. The number of halogens is 1. The second-order valence-electron chi connectivity index (χ2n) is 7.23. The number of amides is 1. The molecule has 0 saturated heterocycles. The average molecular weight is 447 g/mol. The molecule has 6 nitrogen and oxygen atoms in total. The fraction of sp³-hybridized carbons (Fsp3) is 0.125. The van der Waals surface area contributed by atoms with E-state index in [-0.39, 0.29) is 18.3 Å². The van der Waals surface area contributed by atoms with Crippen LogP contribution in [0.15, 0.2) is 66.0 Å². The minimum atomic E-state index is -0.498. The molecule has 2 aromatic heterocycles. The number of hydrogen-bond donors (Lipinski definition) is 1. The molecule has 1 atom stereocenters. The van der Waals surface area contributed by atoms with Gasteiger partial charge in [0.1, 0.15) is 5.82 Å². The van der Waals surface area contributed by atoms with Crippen LogP contribution in [0.1, 0.15) is 44.9 Å². The van der Waals surface area contributed by atoms with E-state index >= 15 is 0 Å². The van der Waals surface area contributed by atoms with E-state index in [1.807, 2.05) is 17.5 Å². The Kier molecular flexibility index (Phi) is 5.07. The summed E-state index contributed by atoms with van der Waals surface area (Å²) in [4.78, 5) is 28.0. The number of fused-ring (bicyclic) bond motifs is 1. The highest BCUT2D eigenvalue weighted by Crippen LogP contribution is 2.45. The highest BCUT2D eigenvalue weighted by atomic mass is 32.1. The summed E-state index contributed by atoms with van der Waals surface area (Å²) in [6.45, 7) is 2.03. The maximum Gasteiger partial charge on any atom is 0.338 e. The summed E-state index contributed by atoms with van der Waals surface area (Å²) in [5, 5.41) is 9.28. The third-order valence-corrected chi connectivity index (χ3v) is 6.25. The van der Waals surface area contributed by atoms with Crippen molar-refractivity contribution >= 4 is 28.9 Å². The van der Waals surface area contributed by atoms with E-state index < -0.39 is 12.0 Å². The maximum absolute atomic E-state index is 13.7. The molecule has 0 radical (unpaired) electrons. The fourth-order valence-corrected chi connectivity index (χ4v) is 4.68. The van der Waals surface area contributed by atoms with Gasteiger partial charge in [-0.25, -0.2) is 9.18 Å². The number of carbonyl (C=O) groups is 2. The van der Waals surface area contributed by atoms with E-state index in [2.05, 4.69) is 10.2 Å². The van der Waals surface area contributed by atoms with Crippen LogP contribution in [0.4, 0.5) is 10.1 Å². The molecular weight excluding hydrogens is 429 g/mol. The Morgan fingerprint density at radius 3 is 2.56 bits per heavy atom. The van der Waals surface area contributed by atoms with Gasteiger partial charge in [-0.05, 0) is 60.3 Å². The number of rotatable bonds is 5. The first-order chi connectivity index (χ1) is 15.6. The molecule has 2 aromatic carbocycles. The number of nitrogens with one attached hydrogen (secondary N) is 1. The normalized spacial score (nSPS) is 15.1. The van der Waals surface area contributed by atoms with Gasteiger partial charge in [0, 0.05) is 11.3 Å². The number of carbonyl (C=O) groups excluding carboxylic acids is 2. The maximum atomic E-state index is 13.7. The van der Waals surface area contributed by atoms with Crippen molar-refractivity contribution in [3.8, 4) is 10.6 Å². The van der Waals surface area contributed by atoms with Crippen molar-refractivity contribution in [3.63, 3.8) is 0 Å². The van der Waals surface area contributed by atoms with Crippen molar-refractivity contribution in [2.24, 2.45) is 0 Å². The molecule has 3 heterocycles. The molecule has 0 aliphatic carbocycles. The summed E-state index contributed by atoms with van der Waals surface area (Å²) >= 11 is 1.54. The summed E-state index contributed by atoms with van der Waals surface area (Å²) in [6, 6.07) is 16.2. The molecule has 0 bridgehead atoms. The van der Waals surface area contributed by atoms with Gasteiger partial charge < -0.3 is 4.74 Å². The molecule has 1 aliphatic heterocycles. The largest absolute Gasteiger partial charge is 0.462 e. The van der Waals surface area contributed by atoms with Crippen LogP contribution in [0.5, 0.6) is 0 Å².